The molecule has 1 aliphatic rings. The number of likely N-dealkylation sites (N-methyl/N-ethyl adjacent to an activating group) is 1. The number of para-hydroxylation sites is 1. The monoisotopic (exact) mass is 473 g/mol. The maximum Gasteiger partial charge on any atom is 0.271 e. The van der Waals surface area contributed by atoms with Gasteiger partial charge in [-0.05, 0) is 37.6 Å². The van der Waals surface area contributed by atoms with E-state index >= 15 is 0 Å². The fourth-order valence-corrected chi connectivity index (χ4v) is 4.22. The maximum atomic E-state index is 13.1. The zero-order valence-electron chi connectivity index (χ0n) is 19.5. The first-order valence-corrected chi connectivity index (χ1v) is 11.2. The number of hydrogen-bond acceptors (Lipinski definition) is 5. The van der Waals surface area contributed by atoms with E-state index in [2.05, 4.69) is 9.83 Å². The average molecular weight is 473 g/mol. The molecule has 0 N–H and O–H groups in total. The van der Waals surface area contributed by atoms with Crippen molar-refractivity contribution in [2.24, 2.45) is 0 Å². The van der Waals surface area contributed by atoms with Crippen molar-refractivity contribution in [1.29, 1.82) is 5.26 Å². The number of imide groups is 1. The Kier molecular flexibility index (Phi) is 5.56. The highest BCUT2D eigenvalue weighted by Gasteiger charge is 2.35. The van der Waals surface area contributed by atoms with Gasteiger partial charge in [0.2, 0.25) is 5.71 Å². The van der Waals surface area contributed by atoms with E-state index in [1.54, 1.807) is 32.1 Å². The Morgan fingerprint density at radius 2 is 1.83 bits per heavy atom. The number of nitriles is 1. The van der Waals surface area contributed by atoms with Gasteiger partial charge in [-0.25, -0.2) is 4.85 Å². The largest absolute Gasteiger partial charge is 0.436 e. The second-order valence-corrected chi connectivity index (χ2v) is 8.13. The Balaban J connectivity index is 1.71. The first-order valence-electron chi connectivity index (χ1n) is 11.2. The summed E-state index contributed by atoms with van der Waals surface area (Å²) < 4.78 is 7.93. The molecule has 0 unspecified atom stereocenters. The van der Waals surface area contributed by atoms with Crippen molar-refractivity contribution in [1.82, 2.24) is 14.5 Å². The molecule has 0 radical (unpaired) electrons. The summed E-state index contributed by atoms with van der Waals surface area (Å²) in [5.74, 6) is -0.0463. The number of amides is 2. The van der Waals surface area contributed by atoms with Gasteiger partial charge in [0.25, 0.3) is 11.8 Å². The fourth-order valence-electron chi connectivity index (χ4n) is 4.22. The minimum Gasteiger partial charge on any atom is -0.436 e. The third-order valence-corrected chi connectivity index (χ3v) is 6.09. The zero-order chi connectivity index (χ0) is 25.4. The Morgan fingerprint density at radius 3 is 2.47 bits per heavy atom. The van der Waals surface area contributed by atoms with Gasteiger partial charge in [-0.2, -0.15) is 10.2 Å². The number of fused-ring (bicyclic) bond motifs is 1. The third kappa shape index (κ3) is 3.58. The van der Waals surface area contributed by atoms with Crippen LogP contribution in [0.3, 0.4) is 0 Å². The molecule has 174 valence electrons. The summed E-state index contributed by atoms with van der Waals surface area (Å²) in [4.78, 5) is 34.8. The van der Waals surface area contributed by atoms with Crippen molar-refractivity contribution >= 4 is 34.8 Å². The number of aromatic nitrogens is 2. The quantitative estimate of drug-likeness (QED) is 0.223. The summed E-state index contributed by atoms with van der Waals surface area (Å²) >= 11 is 0. The number of carbonyl (C=O) groups is 2. The first kappa shape index (κ1) is 22.6. The Morgan fingerprint density at radius 1 is 1.11 bits per heavy atom. The van der Waals surface area contributed by atoms with Crippen molar-refractivity contribution in [3.05, 3.63) is 94.6 Å². The number of nitrogens with zero attached hydrogens (tertiary/aromatic N) is 5. The molecule has 8 nitrogen and oxygen atoms in total. The maximum absolute atomic E-state index is 13.1. The normalized spacial score (nSPS) is 15.0. The predicted molar refractivity (Wildman–Crippen MR) is 134 cm³/mol. The molecule has 0 fully saturated rings. The SMILES string of the molecule is [C-]#[N+]c1ccc(-c2cc3c(nc(/C=C4\C(=O)N(CC)C(=O)C(C#N)=C4C)n3-c3ccccc3)o2)cc1. The van der Waals surface area contributed by atoms with Crippen molar-refractivity contribution < 1.29 is 14.0 Å². The molecule has 0 spiro atoms. The smallest absolute Gasteiger partial charge is 0.271 e. The summed E-state index contributed by atoms with van der Waals surface area (Å²) in [6.45, 7) is 10.6. The molecule has 36 heavy (non-hydrogen) atoms. The van der Waals surface area contributed by atoms with E-state index in [-0.39, 0.29) is 17.7 Å². The molecule has 2 amide bonds. The molecule has 0 bridgehead atoms. The Bertz CT molecular complexity index is 1670. The van der Waals surface area contributed by atoms with Gasteiger partial charge >= 0.3 is 0 Å². The number of carbonyl (C=O) groups excluding carboxylic acids is 2. The molecule has 4 aromatic rings. The summed E-state index contributed by atoms with van der Waals surface area (Å²) in [6.07, 6.45) is 1.59. The number of hydrogen-bond donors (Lipinski definition) is 0. The fraction of sp³-hybridized carbons (Fsp3) is 0.107. The van der Waals surface area contributed by atoms with E-state index < -0.39 is 11.8 Å². The highest BCUT2D eigenvalue weighted by atomic mass is 16.3. The van der Waals surface area contributed by atoms with Gasteiger partial charge in [-0.15, -0.1) is 0 Å². The van der Waals surface area contributed by atoms with E-state index in [1.807, 2.05) is 59.2 Å². The van der Waals surface area contributed by atoms with Gasteiger partial charge in [0, 0.05) is 29.4 Å². The third-order valence-electron chi connectivity index (χ3n) is 6.09. The van der Waals surface area contributed by atoms with Crippen molar-refractivity contribution in [2.75, 3.05) is 6.54 Å². The van der Waals surface area contributed by atoms with Gasteiger partial charge in [0.05, 0.1) is 6.57 Å². The van der Waals surface area contributed by atoms with Crippen LogP contribution in [0.2, 0.25) is 0 Å². The van der Waals surface area contributed by atoms with Crippen LogP contribution in [0, 0.1) is 17.9 Å². The van der Waals surface area contributed by atoms with Gasteiger partial charge in [0.15, 0.2) is 5.69 Å². The molecule has 0 saturated heterocycles. The summed E-state index contributed by atoms with van der Waals surface area (Å²) in [5, 5.41) is 9.55. The Labute approximate surface area is 206 Å². The lowest BCUT2D eigenvalue weighted by Crippen LogP contribution is -2.42. The van der Waals surface area contributed by atoms with E-state index in [4.69, 9.17) is 11.0 Å². The lowest BCUT2D eigenvalue weighted by molar-refractivity contribution is -0.140. The second-order valence-electron chi connectivity index (χ2n) is 8.13. The minimum absolute atomic E-state index is 0.0608. The molecule has 0 aliphatic carbocycles. The van der Waals surface area contributed by atoms with Gasteiger partial charge in [-0.3, -0.25) is 19.1 Å². The molecular weight excluding hydrogens is 454 g/mol. The van der Waals surface area contributed by atoms with Gasteiger partial charge < -0.3 is 4.42 Å². The molecule has 5 rings (SSSR count). The van der Waals surface area contributed by atoms with Crippen LogP contribution in [0.5, 0.6) is 0 Å². The first-order chi connectivity index (χ1) is 17.5. The number of rotatable bonds is 4. The highest BCUT2D eigenvalue weighted by Crippen LogP contribution is 2.33. The standard InChI is InChI=1S/C28H19N5O3/c1-4-32-27(34)21(17(2)22(16-29)28(32)35)14-25-31-26-23(33(25)20-8-6-5-7-9-20)15-24(36-26)18-10-12-19(30-3)13-11-18/h5-15H,4H2,1-2H3/b21-14-. The lowest BCUT2D eigenvalue weighted by Gasteiger charge is -2.26. The molecule has 8 heteroatoms. The molecule has 0 saturated carbocycles. The zero-order valence-corrected chi connectivity index (χ0v) is 19.5. The van der Waals surface area contributed by atoms with Crippen molar-refractivity contribution in [3.63, 3.8) is 0 Å². The molecule has 1 aliphatic heterocycles. The second kappa shape index (κ2) is 8.86. The van der Waals surface area contributed by atoms with Crippen LogP contribution in [-0.4, -0.2) is 32.8 Å². The molecule has 0 atom stereocenters. The van der Waals surface area contributed by atoms with Crippen LogP contribution in [0.1, 0.15) is 19.7 Å². The molecular formula is C28H19N5O3. The predicted octanol–water partition coefficient (Wildman–Crippen LogP) is 5.45. The van der Waals surface area contributed by atoms with Crippen LogP contribution in [0.15, 0.2) is 81.8 Å². The van der Waals surface area contributed by atoms with E-state index in [0.29, 0.717) is 34.1 Å². The van der Waals surface area contributed by atoms with Crippen LogP contribution in [-0.2, 0) is 9.59 Å². The number of imidazole rings is 1. The molecule has 2 aromatic carbocycles. The summed E-state index contributed by atoms with van der Waals surface area (Å²) in [5.41, 5.74) is 3.68. The lowest BCUT2D eigenvalue weighted by atomic mass is 9.95. The van der Waals surface area contributed by atoms with E-state index in [9.17, 15) is 14.9 Å². The highest BCUT2D eigenvalue weighted by molar-refractivity contribution is 6.19. The minimum atomic E-state index is -0.589. The Hall–Kier alpha value is -5.21. The number of furan rings is 1. The van der Waals surface area contributed by atoms with Gasteiger partial charge in [-0.1, -0.05) is 42.5 Å². The van der Waals surface area contributed by atoms with Crippen molar-refractivity contribution in [2.45, 2.75) is 13.8 Å². The van der Waals surface area contributed by atoms with Gasteiger partial charge in [0.1, 0.15) is 28.7 Å². The summed E-state index contributed by atoms with van der Waals surface area (Å²) in [7, 11) is 0. The summed E-state index contributed by atoms with van der Waals surface area (Å²) in [6, 6.07) is 20.4. The van der Waals surface area contributed by atoms with Crippen LogP contribution in [0.4, 0.5) is 5.69 Å². The number of benzene rings is 2. The van der Waals surface area contributed by atoms with Crippen LogP contribution < -0.4 is 0 Å². The van der Waals surface area contributed by atoms with Crippen molar-refractivity contribution in [3.8, 4) is 23.1 Å². The van der Waals surface area contributed by atoms with E-state index in [1.165, 1.54) is 0 Å². The topological polar surface area (TPSA) is 96.5 Å². The van der Waals surface area contributed by atoms with Crippen LogP contribution in [0.25, 0.3) is 39.2 Å². The molecule has 2 aromatic heterocycles. The average Bonchev–Trinajstić information content (AvgIpc) is 3.45. The molecule has 3 heterocycles. The van der Waals surface area contributed by atoms with Crippen LogP contribution >= 0.6 is 0 Å². The van der Waals surface area contributed by atoms with E-state index in [0.717, 1.165) is 16.2 Å².